The summed E-state index contributed by atoms with van der Waals surface area (Å²) in [6.45, 7) is 0.0985. The van der Waals surface area contributed by atoms with Gasteiger partial charge in [0, 0.05) is 12.4 Å². The van der Waals surface area contributed by atoms with Crippen LogP contribution in [0.15, 0.2) is 18.6 Å². The fraction of sp³-hybridized carbons (Fsp3) is 0.583. The van der Waals surface area contributed by atoms with Crippen LogP contribution in [0.1, 0.15) is 32.1 Å². The molecule has 1 aliphatic rings. The predicted octanol–water partition coefficient (Wildman–Crippen LogP) is 1.76. The normalized spacial score (nSPS) is 16.7. The SMILES string of the molecule is O=C(COC1CCCCC1)Nc1cnccn1. The second-order valence-electron chi connectivity index (χ2n) is 4.21. The van der Waals surface area contributed by atoms with Gasteiger partial charge in [-0.3, -0.25) is 9.78 Å². The molecule has 5 heteroatoms. The lowest BCUT2D eigenvalue weighted by Crippen LogP contribution is -2.25. The maximum atomic E-state index is 11.6. The second kappa shape index (κ2) is 6.30. The van der Waals surface area contributed by atoms with E-state index < -0.39 is 0 Å². The van der Waals surface area contributed by atoms with Gasteiger partial charge in [0.15, 0.2) is 5.82 Å². The molecule has 5 nitrogen and oxygen atoms in total. The molecular formula is C12H17N3O2. The van der Waals surface area contributed by atoms with Crippen LogP contribution in [0.3, 0.4) is 0 Å². The van der Waals surface area contributed by atoms with Crippen LogP contribution in [0.25, 0.3) is 0 Å². The average Bonchev–Trinajstić information content (AvgIpc) is 2.39. The fourth-order valence-electron chi connectivity index (χ4n) is 1.97. The first kappa shape index (κ1) is 12.0. The number of aromatic nitrogens is 2. The third kappa shape index (κ3) is 4.11. The van der Waals surface area contributed by atoms with Gasteiger partial charge in [-0.05, 0) is 12.8 Å². The van der Waals surface area contributed by atoms with Gasteiger partial charge in [-0.1, -0.05) is 19.3 Å². The van der Waals surface area contributed by atoms with Crippen molar-refractivity contribution in [2.24, 2.45) is 0 Å². The predicted molar refractivity (Wildman–Crippen MR) is 63.5 cm³/mol. The van der Waals surface area contributed by atoms with Gasteiger partial charge in [-0.15, -0.1) is 0 Å². The summed E-state index contributed by atoms with van der Waals surface area (Å²) in [5.74, 6) is 0.292. The Bertz CT molecular complexity index is 350. The Morgan fingerprint density at radius 3 is 2.88 bits per heavy atom. The summed E-state index contributed by atoms with van der Waals surface area (Å²) < 4.78 is 5.56. The monoisotopic (exact) mass is 235 g/mol. The minimum atomic E-state index is -0.170. The van der Waals surface area contributed by atoms with E-state index in [2.05, 4.69) is 15.3 Å². The average molecular weight is 235 g/mol. The van der Waals surface area contributed by atoms with Crippen molar-refractivity contribution in [3.63, 3.8) is 0 Å². The lowest BCUT2D eigenvalue weighted by molar-refractivity contribution is -0.123. The van der Waals surface area contributed by atoms with Crippen molar-refractivity contribution in [1.29, 1.82) is 0 Å². The molecule has 0 bridgehead atoms. The molecule has 1 aliphatic carbocycles. The summed E-state index contributed by atoms with van der Waals surface area (Å²) in [5, 5.41) is 2.64. The maximum absolute atomic E-state index is 11.6. The molecule has 1 saturated carbocycles. The Labute approximate surface area is 101 Å². The van der Waals surface area contributed by atoms with Gasteiger partial charge < -0.3 is 10.1 Å². The van der Waals surface area contributed by atoms with E-state index in [-0.39, 0.29) is 18.6 Å². The topological polar surface area (TPSA) is 64.1 Å². The number of nitrogens with zero attached hydrogens (tertiary/aromatic N) is 2. The molecule has 0 saturated heterocycles. The quantitative estimate of drug-likeness (QED) is 0.863. The number of amides is 1. The van der Waals surface area contributed by atoms with E-state index >= 15 is 0 Å². The van der Waals surface area contributed by atoms with Gasteiger partial charge in [0.2, 0.25) is 0 Å². The molecule has 1 amide bonds. The van der Waals surface area contributed by atoms with Gasteiger partial charge >= 0.3 is 0 Å². The molecule has 0 unspecified atom stereocenters. The molecule has 2 rings (SSSR count). The van der Waals surface area contributed by atoms with Crippen molar-refractivity contribution in [3.05, 3.63) is 18.6 Å². The number of carbonyl (C=O) groups excluding carboxylic acids is 1. The largest absolute Gasteiger partial charge is 0.368 e. The van der Waals surface area contributed by atoms with E-state index in [0.717, 1.165) is 12.8 Å². The fourth-order valence-corrected chi connectivity index (χ4v) is 1.97. The zero-order chi connectivity index (χ0) is 11.9. The standard InChI is InChI=1S/C12H17N3O2/c16-12(15-11-8-13-6-7-14-11)9-17-10-4-2-1-3-5-10/h6-8,10H,1-5,9H2,(H,14,15,16). The summed E-state index contributed by atoms with van der Waals surface area (Å²) in [6.07, 6.45) is 10.7. The van der Waals surface area contributed by atoms with E-state index in [0.29, 0.717) is 5.82 Å². The second-order valence-corrected chi connectivity index (χ2v) is 4.21. The van der Waals surface area contributed by atoms with E-state index in [4.69, 9.17) is 4.74 Å². The lowest BCUT2D eigenvalue weighted by atomic mass is 9.98. The minimum absolute atomic E-state index is 0.0985. The van der Waals surface area contributed by atoms with Crippen molar-refractivity contribution < 1.29 is 9.53 Å². The van der Waals surface area contributed by atoms with Crippen LogP contribution in [0.5, 0.6) is 0 Å². The number of hydrogen-bond donors (Lipinski definition) is 1. The summed E-state index contributed by atoms with van der Waals surface area (Å²) in [4.78, 5) is 19.4. The number of nitrogens with one attached hydrogen (secondary N) is 1. The van der Waals surface area contributed by atoms with Crippen LogP contribution < -0.4 is 5.32 Å². The molecule has 0 spiro atoms. The number of carbonyl (C=O) groups is 1. The third-order valence-electron chi connectivity index (χ3n) is 2.83. The highest BCUT2D eigenvalue weighted by Crippen LogP contribution is 2.20. The number of hydrogen-bond acceptors (Lipinski definition) is 4. The number of rotatable bonds is 4. The van der Waals surface area contributed by atoms with Gasteiger partial charge in [-0.25, -0.2) is 4.98 Å². The van der Waals surface area contributed by atoms with Gasteiger partial charge in [-0.2, -0.15) is 0 Å². The Morgan fingerprint density at radius 1 is 1.35 bits per heavy atom. The molecule has 0 atom stereocenters. The molecule has 1 heterocycles. The highest BCUT2D eigenvalue weighted by atomic mass is 16.5. The van der Waals surface area contributed by atoms with Crippen LogP contribution in [0, 0.1) is 0 Å². The zero-order valence-corrected chi connectivity index (χ0v) is 9.76. The first-order chi connectivity index (χ1) is 8.34. The van der Waals surface area contributed by atoms with Crippen molar-refractivity contribution >= 4 is 11.7 Å². The Kier molecular flexibility index (Phi) is 4.44. The molecule has 17 heavy (non-hydrogen) atoms. The van der Waals surface area contributed by atoms with Crippen LogP contribution in [0.4, 0.5) is 5.82 Å². The van der Waals surface area contributed by atoms with E-state index in [1.54, 1.807) is 6.20 Å². The van der Waals surface area contributed by atoms with Crippen LogP contribution >= 0.6 is 0 Å². The molecule has 92 valence electrons. The van der Waals surface area contributed by atoms with Crippen molar-refractivity contribution in [3.8, 4) is 0 Å². The van der Waals surface area contributed by atoms with Crippen LogP contribution in [-0.2, 0) is 9.53 Å². The number of anilines is 1. The molecule has 1 N–H and O–H groups in total. The van der Waals surface area contributed by atoms with Gasteiger partial charge in [0.1, 0.15) is 6.61 Å². The molecule has 1 aromatic heterocycles. The van der Waals surface area contributed by atoms with Gasteiger partial charge in [0.05, 0.1) is 12.3 Å². The third-order valence-corrected chi connectivity index (χ3v) is 2.83. The van der Waals surface area contributed by atoms with E-state index in [1.807, 2.05) is 0 Å². The molecule has 1 fully saturated rings. The smallest absolute Gasteiger partial charge is 0.251 e. The molecular weight excluding hydrogens is 218 g/mol. The lowest BCUT2D eigenvalue weighted by Gasteiger charge is -2.21. The minimum Gasteiger partial charge on any atom is -0.368 e. The highest BCUT2D eigenvalue weighted by Gasteiger charge is 2.15. The number of ether oxygens (including phenoxy) is 1. The zero-order valence-electron chi connectivity index (χ0n) is 9.76. The summed E-state index contributed by atoms with van der Waals surface area (Å²) in [7, 11) is 0. The molecule has 0 radical (unpaired) electrons. The maximum Gasteiger partial charge on any atom is 0.251 e. The Hall–Kier alpha value is -1.49. The first-order valence-corrected chi connectivity index (χ1v) is 6.02. The summed E-state index contributed by atoms with van der Waals surface area (Å²) in [5.41, 5.74) is 0. The van der Waals surface area contributed by atoms with Crippen molar-refractivity contribution in [1.82, 2.24) is 9.97 Å². The summed E-state index contributed by atoms with van der Waals surface area (Å²) >= 11 is 0. The van der Waals surface area contributed by atoms with Crippen molar-refractivity contribution in [2.45, 2.75) is 38.2 Å². The first-order valence-electron chi connectivity index (χ1n) is 6.02. The van der Waals surface area contributed by atoms with E-state index in [1.165, 1.54) is 31.7 Å². The molecule has 0 aliphatic heterocycles. The summed E-state index contributed by atoms with van der Waals surface area (Å²) in [6, 6.07) is 0. The van der Waals surface area contributed by atoms with Crippen LogP contribution in [-0.4, -0.2) is 28.6 Å². The van der Waals surface area contributed by atoms with Crippen LogP contribution in [0.2, 0.25) is 0 Å². The Balaban J connectivity index is 1.70. The van der Waals surface area contributed by atoms with Crippen molar-refractivity contribution in [2.75, 3.05) is 11.9 Å². The van der Waals surface area contributed by atoms with Gasteiger partial charge in [0.25, 0.3) is 5.91 Å². The molecule has 0 aromatic carbocycles. The van der Waals surface area contributed by atoms with E-state index in [9.17, 15) is 4.79 Å². The Morgan fingerprint density at radius 2 is 2.18 bits per heavy atom. The highest BCUT2D eigenvalue weighted by molar-refractivity contribution is 5.90. The molecule has 1 aromatic rings.